The van der Waals surface area contributed by atoms with E-state index in [1.165, 1.54) is 12.1 Å². The van der Waals surface area contributed by atoms with Gasteiger partial charge < -0.3 is 14.1 Å². The van der Waals surface area contributed by atoms with Crippen molar-refractivity contribution in [1.82, 2.24) is 4.90 Å². The molecule has 0 saturated carbocycles. The summed E-state index contributed by atoms with van der Waals surface area (Å²) in [7, 11) is 0. The Bertz CT molecular complexity index is 916. The molecule has 3 aromatic rings. The molecule has 1 aromatic heterocycles. The third-order valence-electron chi connectivity index (χ3n) is 4.49. The van der Waals surface area contributed by atoms with Gasteiger partial charge in [-0.25, -0.2) is 4.39 Å². The largest absolute Gasteiger partial charge is 0.461 e. The van der Waals surface area contributed by atoms with Crippen LogP contribution in [0.1, 0.15) is 27.8 Å². The number of hydrogen-bond donors (Lipinski definition) is 0. The molecule has 1 atom stereocenters. The van der Waals surface area contributed by atoms with E-state index in [0.717, 1.165) is 16.7 Å². The van der Waals surface area contributed by atoms with Gasteiger partial charge in [-0.05, 0) is 36.8 Å². The van der Waals surface area contributed by atoms with E-state index in [0.29, 0.717) is 30.8 Å². The Labute approximate surface area is 144 Å². The van der Waals surface area contributed by atoms with Crippen molar-refractivity contribution in [3.05, 3.63) is 71.2 Å². The fourth-order valence-electron chi connectivity index (χ4n) is 3.24. The Kier molecular flexibility index (Phi) is 4.01. The smallest absolute Gasteiger partial charge is 0.257 e. The molecule has 4 nitrogen and oxygen atoms in total. The van der Waals surface area contributed by atoms with Crippen LogP contribution in [-0.4, -0.2) is 30.5 Å². The van der Waals surface area contributed by atoms with Crippen molar-refractivity contribution in [1.29, 1.82) is 0 Å². The highest BCUT2D eigenvalue weighted by molar-refractivity contribution is 6.05. The number of para-hydroxylation sites is 1. The monoisotopic (exact) mass is 339 g/mol. The molecule has 0 aliphatic carbocycles. The molecular formula is C20H18FNO3. The van der Waals surface area contributed by atoms with Crippen molar-refractivity contribution in [3.63, 3.8) is 0 Å². The second kappa shape index (κ2) is 6.33. The zero-order valence-corrected chi connectivity index (χ0v) is 13.9. The molecule has 0 radical (unpaired) electrons. The van der Waals surface area contributed by atoms with E-state index in [9.17, 15) is 9.18 Å². The first kappa shape index (κ1) is 15.8. The summed E-state index contributed by atoms with van der Waals surface area (Å²) < 4.78 is 24.6. The van der Waals surface area contributed by atoms with E-state index in [2.05, 4.69) is 0 Å². The lowest BCUT2D eigenvalue weighted by Gasteiger charge is -2.33. The molecule has 0 N–H and O–H groups in total. The molecule has 1 saturated heterocycles. The summed E-state index contributed by atoms with van der Waals surface area (Å²) >= 11 is 0. The molecule has 0 bridgehead atoms. The number of rotatable bonds is 2. The zero-order chi connectivity index (χ0) is 17.4. The van der Waals surface area contributed by atoms with Crippen molar-refractivity contribution in [2.75, 3.05) is 19.7 Å². The predicted octanol–water partition coefficient (Wildman–Crippen LogP) is 4.09. The summed E-state index contributed by atoms with van der Waals surface area (Å²) in [5.74, 6) is 0.420. The van der Waals surface area contributed by atoms with E-state index in [1.54, 1.807) is 23.1 Å². The number of carbonyl (C=O) groups is 1. The van der Waals surface area contributed by atoms with E-state index < -0.39 is 0 Å². The number of aryl methyl sites for hydroxylation is 1. The lowest BCUT2D eigenvalue weighted by atomic mass is 10.1. The highest BCUT2D eigenvalue weighted by Gasteiger charge is 2.27. The third kappa shape index (κ3) is 3.03. The molecule has 1 aliphatic heterocycles. The molecule has 1 amide bonds. The third-order valence-corrected chi connectivity index (χ3v) is 4.49. The number of fused-ring (bicyclic) bond motifs is 1. The molecule has 1 fully saturated rings. The molecule has 128 valence electrons. The number of nitrogens with zero attached hydrogens (tertiary/aromatic N) is 1. The minimum atomic E-state index is -0.285. The van der Waals surface area contributed by atoms with Crippen molar-refractivity contribution in [2.45, 2.75) is 13.0 Å². The maximum absolute atomic E-state index is 13.1. The summed E-state index contributed by atoms with van der Waals surface area (Å²) in [5.41, 5.74) is 2.05. The Morgan fingerprint density at radius 2 is 2.00 bits per heavy atom. The number of benzene rings is 2. The first-order valence-corrected chi connectivity index (χ1v) is 8.27. The molecule has 2 aromatic carbocycles. The number of morpholine rings is 1. The van der Waals surface area contributed by atoms with E-state index in [4.69, 9.17) is 9.15 Å². The number of ether oxygens (including phenoxy) is 1. The normalized spacial score (nSPS) is 17.8. The van der Waals surface area contributed by atoms with E-state index in [1.807, 2.05) is 25.1 Å². The molecule has 1 aliphatic rings. The Balaban J connectivity index is 1.60. The maximum Gasteiger partial charge on any atom is 0.257 e. The van der Waals surface area contributed by atoms with Crippen LogP contribution in [0.4, 0.5) is 4.39 Å². The molecule has 1 unspecified atom stereocenters. The van der Waals surface area contributed by atoms with Gasteiger partial charge in [-0.2, -0.15) is 0 Å². The fraction of sp³-hybridized carbons (Fsp3) is 0.250. The lowest BCUT2D eigenvalue weighted by Crippen LogP contribution is -2.42. The van der Waals surface area contributed by atoms with Gasteiger partial charge in [0.1, 0.15) is 23.3 Å². The molecule has 0 spiro atoms. The summed E-state index contributed by atoms with van der Waals surface area (Å²) in [5, 5.41) is 0.923. The van der Waals surface area contributed by atoms with E-state index in [-0.39, 0.29) is 17.8 Å². The number of carbonyl (C=O) groups excluding carboxylic acids is 1. The number of furan rings is 1. The van der Waals surface area contributed by atoms with Crippen molar-refractivity contribution >= 4 is 16.9 Å². The second-order valence-electron chi connectivity index (χ2n) is 6.24. The highest BCUT2D eigenvalue weighted by Crippen LogP contribution is 2.27. The highest BCUT2D eigenvalue weighted by atomic mass is 19.1. The summed E-state index contributed by atoms with van der Waals surface area (Å²) in [4.78, 5) is 14.8. The van der Waals surface area contributed by atoms with E-state index >= 15 is 0 Å². The van der Waals surface area contributed by atoms with Crippen LogP contribution in [0.3, 0.4) is 0 Å². The van der Waals surface area contributed by atoms with Crippen LogP contribution in [0, 0.1) is 12.7 Å². The Morgan fingerprint density at radius 1 is 1.20 bits per heavy atom. The van der Waals surface area contributed by atoms with Crippen molar-refractivity contribution in [2.24, 2.45) is 0 Å². The van der Waals surface area contributed by atoms with Gasteiger partial charge >= 0.3 is 0 Å². The standard InChI is InChI=1S/C20H18FNO3/c1-13-11-15-3-2-4-17(19(15)25-13)20(23)22-9-10-24-18(12-22)14-5-7-16(21)8-6-14/h2-8,11,18H,9-10,12H2,1H3. The average molecular weight is 339 g/mol. The van der Waals surface area contributed by atoms with Crippen LogP contribution in [0.25, 0.3) is 11.0 Å². The quantitative estimate of drug-likeness (QED) is 0.706. The van der Waals surface area contributed by atoms with Crippen molar-refractivity contribution in [3.8, 4) is 0 Å². The predicted molar refractivity (Wildman–Crippen MR) is 91.9 cm³/mol. The Morgan fingerprint density at radius 3 is 2.80 bits per heavy atom. The molecule has 4 rings (SSSR count). The van der Waals surface area contributed by atoms with Crippen LogP contribution in [0.15, 0.2) is 52.9 Å². The fourth-order valence-corrected chi connectivity index (χ4v) is 3.24. The van der Waals surface area contributed by atoms with Crippen LogP contribution in [0.2, 0.25) is 0 Å². The molecule has 5 heteroatoms. The first-order chi connectivity index (χ1) is 12.1. The van der Waals surface area contributed by atoms with Crippen molar-refractivity contribution < 1.29 is 18.3 Å². The van der Waals surface area contributed by atoms with Crippen LogP contribution >= 0.6 is 0 Å². The number of amides is 1. The summed E-state index contributed by atoms with van der Waals surface area (Å²) in [6.45, 7) is 3.27. The maximum atomic E-state index is 13.1. The summed E-state index contributed by atoms with van der Waals surface area (Å²) in [6.07, 6.45) is -0.254. The molecule has 2 heterocycles. The minimum Gasteiger partial charge on any atom is -0.461 e. The van der Waals surface area contributed by atoms with Crippen LogP contribution in [0.5, 0.6) is 0 Å². The van der Waals surface area contributed by atoms with Gasteiger partial charge in [0.2, 0.25) is 0 Å². The second-order valence-corrected chi connectivity index (χ2v) is 6.24. The van der Waals surface area contributed by atoms with Gasteiger partial charge in [0.15, 0.2) is 0 Å². The van der Waals surface area contributed by atoms with Gasteiger partial charge in [0.05, 0.1) is 18.7 Å². The minimum absolute atomic E-state index is 0.0737. The van der Waals surface area contributed by atoms with Gasteiger partial charge in [0, 0.05) is 11.9 Å². The van der Waals surface area contributed by atoms with Gasteiger partial charge in [0.25, 0.3) is 5.91 Å². The van der Waals surface area contributed by atoms with Crippen LogP contribution < -0.4 is 0 Å². The lowest BCUT2D eigenvalue weighted by molar-refractivity contribution is -0.0228. The molecule has 25 heavy (non-hydrogen) atoms. The first-order valence-electron chi connectivity index (χ1n) is 8.27. The zero-order valence-electron chi connectivity index (χ0n) is 13.9. The van der Waals surface area contributed by atoms with Gasteiger partial charge in [-0.15, -0.1) is 0 Å². The summed E-state index contributed by atoms with van der Waals surface area (Å²) in [6, 6.07) is 13.7. The SMILES string of the molecule is Cc1cc2cccc(C(=O)N3CCOC(c4ccc(F)cc4)C3)c2o1. The number of hydrogen-bond acceptors (Lipinski definition) is 3. The Hall–Kier alpha value is -2.66. The topological polar surface area (TPSA) is 42.7 Å². The van der Waals surface area contributed by atoms with Gasteiger partial charge in [-0.1, -0.05) is 24.3 Å². The molecular weight excluding hydrogens is 321 g/mol. The van der Waals surface area contributed by atoms with Gasteiger partial charge in [-0.3, -0.25) is 4.79 Å². The van der Waals surface area contributed by atoms with Crippen LogP contribution in [-0.2, 0) is 4.74 Å². The number of halogens is 1. The average Bonchev–Trinajstić information content (AvgIpc) is 3.02.